The molecule has 0 aromatic heterocycles. The Bertz CT molecular complexity index is 357. The van der Waals surface area contributed by atoms with E-state index in [9.17, 15) is 9.59 Å². The molecule has 21 heavy (non-hydrogen) atoms. The summed E-state index contributed by atoms with van der Waals surface area (Å²) in [5.74, 6) is 0.0949. The molecule has 1 heterocycles. The zero-order valence-electron chi connectivity index (χ0n) is 14.2. The molecule has 1 rings (SSSR count). The molecule has 1 saturated heterocycles. The van der Waals surface area contributed by atoms with Gasteiger partial charge in [0.2, 0.25) is 11.8 Å². The molecule has 0 aromatic carbocycles. The van der Waals surface area contributed by atoms with E-state index < -0.39 is 5.54 Å². The number of hydrogen-bond donors (Lipinski definition) is 1. The van der Waals surface area contributed by atoms with Crippen molar-refractivity contribution < 1.29 is 9.59 Å². The van der Waals surface area contributed by atoms with Crippen molar-refractivity contribution >= 4 is 11.8 Å². The first kappa shape index (κ1) is 18.0. The van der Waals surface area contributed by atoms with Gasteiger partial charge in [-0.2, -0.15) is 0 Å². The van der Waals surface area contributed by atoms with Gasteiger partial charge in [-0.1, -0.05) is 52.9 Å². The van der Waals surface area contributed by atoms with Gasteiger partial charge in [-0.05, 0) is 26.2 Å². The second kappa shape index (κ2) is 8.40. The van der Waals surface area contributed by atoms with Crippen molar-refractivity contribution in [2.24, 2.45) is 0 Å². The number of piperazine rings is 1. The van der Waals surface area contributed by atoms with E-state index >= 15 is 0 Å². The third-order valence-corrected chi connectivity index (χ3v) is 4.79. The maximum atomic E-state index is 12.6. The largest absolute Gasteiger partial charge is 0.342 e. The minimum atomic E-state index is -0.674. The second-order valence-electron chi connectivity index (χ2n) is 6.32. The summed E-state index contributed by atoms with van der Waals surface area (Å²) in [4.78, 5) is 26.7. The fraction of sp³-hybridized carbons (Fsp3) is 0.882. The molecule has 1 aliphatic heterocycles. The van der Waals surface area contributed by atoms with Gasteiger partial charge in [0.25, 0.3) is 0 Å². The molecule has 2 atom stereocenters. The highest BCUT2D eigenvalue weighted by Gasteiger charge is 2.47. The van der Waals surface area contributed by atoms with Crippen molar-refractivity contribution in [3.8, 4) is 0 Å². The number of nitrogens with zero attached hydrogens (tertiary/aromatic N) is 1. The average molecular weight is 296 g/mol. The smallest absolute Gasteiger partial charge is 0.246 e. The maximum absolute atomic E-state index is 12.6. The standard InChI is InChI=1S/C17H32N2O2/c1-5-8-9-10-11-12-13-19-15(20)14(6-2)18-16(21)17(19,4)7-3/h14H,5-13H2,1-4H3,(H,18,21). The maximum Gasteiger partial charge on any atom is 0.246 e. The Morgan fingerprint density at radius 1 is 1.05 bits per heavy atom. The van der Waals surface area contributed by atoms with Crippen LogP contribution in [0.15, 0.2) is 0 Å². The molecule has 0 bridgehead atoms. The van der Waals surface area contributed by atoms with E-state index in [1.54, 1.807) is 0 Å². The Morgan fingerprint density at radius 2 is 1.67 bits per heavy atom. The molecule has 0 radical (unpaired) electrons. The fourth-order valence-corrected chi connectivity index (χ4v) is 2.96. The van der Waals surface area contributed by atoms with E-state index in [0.717, 1.165) is 12.8 Å². The summed E-state index contributed by atoms with van der Waals surface area (Å²) in [6, 6.07) is -0.336. The zero-order chi connectivity index (χ0) is 15.9. The first-order chi connectivity index (χ1) is 10.0. The van der Waals surface area contributed by atoms with Gasteiger partial charge in [0.1, 0.15) is 11.6 Å². The van der Waals surface area contributed by atoms with Crippen molar-refractivity contribution in [1.29, 1.82) is 0 Å². The monoisotopic (exact) mass is 296 g/mol. The molecular formula is C17H32N2O2. The van der Waals surface area contributed by atoms with Gasteiger partial charge in [-0.25, -0.2) is 0 Å². The molecule has 1 N–H and O–H groups in total. The van der Waals surface area contributed by atoms with Crippen molar-refractivity contribution in [2.75, 3.05) is 6.54 Å². The number of unbranched alkanes of at least 4 members (excludes halogenated alkanes) is 5. The van der Waals surface area contributed by atoms with Crippen molar-refractivity contribution in [3.05, 3.63) is 0 Å². The van der Waals surface area contributed by atoms with Crippen LogP contribution in [0.4, 0.5) is 0 Å². The molecule has 2 unspecified atom stereocenters. The fourth-order valence-electron chi connectivity index (χ4n) is 2.96. The van der Waals surface area contributed by atoms with E-state index in [1.165, 1.54) is 25.7 Å². The van der Waals surface area contributed by atoms with Crippen LogP contribution < -0.4 is 5.32 Å². The molecule has 2 amide bonds. The van der Waals surface area contributed by atoms with Crippen LogP contribution in [0.5, 0.6) is 0 Å². The van der Waals surface area contributed by atoms with Gasteiger partial charge >= 0.3 is 0 Å². The quantitative estimate of drug-likeness (QED) is 0.664. The summed E-state index contributed by atoms with van der Waals surface area (Å²) in [7, 11) is 0. The summed E-state index contributed by atoms with van der Waals surface area (Å²) < 4.78 is 0. The highest BCUT2D eigenvalue weighted by Crippen LogP contribution is 2.26. The normalized spacial score (nSPS) is 26.1. The Labute approximate surface area is 129 Å². The van der Waals surface area contributed by atoms with Gasteiger partial charge in [-0.3, -0.25) is 9.59 Å². The van der Waals surface area contributed by atoms with Crippen LogP contribution in [0.2, 0.25) is 0 Å². The van der Waals surface area contributed by atoms with Crippen LogP contribution in [-0.4, -0.2) is 34.8 Å². The third kappa shape index (κ3) is 4.21. The van der Waals surface area contributed by atoms with Crippen LogP contribution in [0.25, 0.3) is 0 Å². The number of rotatable bonds is 9. The highest BCUT2D eigenvalue weighted by molar-refractivity contribution is 5.99. The lowest BCUT2D eigenvalue weighted by Gasteiger charge is -2.46. The van der Waals surface area contributed by atoms with Crippen LogP contribution in [0, 0.1) is 0 Å². The summed E-state index contributed by atoms with van der Waals surface area (Å²) >= 11 is 0. The molecule has 0 aliphatic carbocycles. The molecule has 0 spiro atoms. The average Bonchev–Trinajstić information content (AvgIpc) is 2.49. The Morgan fingerprint density at radius 3 is 2.24 bits per heavy atom. The van der Waals surface area contributed by atoms with Crippen molar-refractivity contribution in [1.82, 2.24) is 10.2 Å². The SMILES string of the molecule is CCCCCCCCN1C(=O)C(CC)NC(=O)C1(C)CC. The molecule has 1 aliphatic rings. The molecular weight excluding hydrogens is 264 g/mol. The minimum absolute atomic E-state index is 0.00225. The predicted octanol–water partition coefficient (Wildman–Crippen LogP) is 3.25. The molecule has 4 nitrogen and oxygen atoms in total. The van der Waals surface area contributed by atoms with Crippen molar-refractivity contribution in [2.45, 2.75) is 90.6 Å². The van der Waals surface area contributed by atoms with Crippen molar-refractivity contribution in [3.63, 3.8) is 0 Å². The van der Waals surface area contributed by atoms with Gasteiger partial charge in [0.05, 0.1) is 0 Å². The number of amides is 2. The van der Waals surface area contributed by atoms with E-state index in [4.69, 9.17) is 0 Å². The number of hydrogen-bond acceptors (Lipinski definition) is 2. The Kier molecular flexibility index (Phi) is 7.20. The molecule has 122 valence electrons. The van der Waals surface area contributed by atoms with Crippen LogP contribution >= 0.6 is 0 Å². The van der Waals surface area contributed by atoms with Crippen LogP contribution in [0.3, 0.4) is 0 Å². The van der Waals surface area contributed by atoms with Gasteiger partial charge in [0, 0.05) is 6.54 Å². The van der Waals surface area contributed by atoms with Crippen LogP contribution in [0.1, 0.15) is 79.1 Å². The van der Waals surface area contributed by atoms with Gasteiger partial charge < -0.3 is 10.2 Å². The highest BCUT2D eigenvalue weighted by atomic mass is 16.2. The van der Waals surface area contributed by atoms with Gasteiger partial charge in [-0.15, -0.1) is 0 Å². The number of carbonyl (C=O) groups is 2. The third-order valence-electron chi connectivity index (χ3n) is 4.79. The predicted molar refractivity (Wildman–Crippen MR) is 86.0 cm³/mol. The zero-order valence-corrected chi connectivity index (χ0v) is 14.2. The molecule has 0 aromatic rings. The van der Waals surface area contributed by atoms with E-state index in [1.807, 2.05) is 25.7 Å². The summed E-state index contributed by atoms with van der Waals surface area (Å²) in [6.07, 6.45) is 8.49. The van der Waals surface area contributed by atoms with E-state index in [-0.39, 0.29) is 17.9 Å². The first-order valence-electron chi connectivity index (χ1n) is 8.63. The first-order valence-corrected chi connectivity index (χ1v) is 8.63. The Balaban J connectivity index is 2.60. The second-order valence-corrected chi connectivity index (χ2v) is 6.32. The number of nitrogens with one attached hydrogen (secondary N) is 1. The summed E-state index contributed by atoms with van der Waals surface area (Å²) in [6.45, 7) is 8.73. The topological polar surface area (TPSA) is 49.4 Å². The Hall–Kier alpha value is -1.06. The van der Waals surface area contributed by atoms with E-state index in [2.05, 4.69) is 12.2 Å². The van der Waals surface area contributed by atoms with Crippen LogP contribution in [-0.2, 0) is 9.59 Å². The minimum Gasteiger partial charge on any atom is -0.342 e. The number of carbonyl (C=O) groups excluding carboxylic acids is 2. The van der Waals surface area contributed by atoms with E-state index in [0.29, 0.717) is 19.4 Å². The lowest BCUT2D eigenvalue weighted by molar-refractivity contribution is -0.156. The molecule has 1 fully saturated rings. The molecule has 4 heteroatoms. The van der Waals surface area contributed by atoms with Gasteiger partial charge in [0.15, 0.2) is 0 Å². The summed E-state index contributed by atoms with van der Waals surface area (Å²) in [5.41, 5.74) is -0.674. The summed E-state index contributed by atoms with van der Waals surface area (Å²) in [5, 5.41) is 2.88. The molecule has 0 saturated carbocycles. The lowest BCUT2D eigenvalue weighted by atomic mass is 9.89. The lowest BCUT2D eigenvalue weighted by Crippen LogP contribution is -2.69.